The summed E-state index contributed by atoms with van der Waals surface area (Å²) < 4.78 is 19.1. The first-order chi connectivity index (χ1) is 9.69. The number of nitrogens with one attached hydrogen (secondary N) is 1. The van der Waals surface area contributed by atoms with E-state index in [4.69, 9.17) is 4.74 Å². The van der Waals surface area contributed by atoms with E-state index in [1.54, 1.807) is 13.0 Å². The zero-order valence-corrected chi connectivity index (χ0v) is 11.5. The van der Waals surface area contributed by atoms with Gasteiger partial charge in [-0.2, -0.15) is 0 Å². The molecule has 4 heteroatoms. The molecule has 1 aromatic carbocycles. The molecular weight excluding hydrogens is 257 g/mol. The van der Waals surface area contributed by atoms with Crippen LogP contribution in [0.4, 0.5) is 4.39 Å². The molecule has 0 radical (unpaired) electrons. The van der Waals surface area contributed by atoms with Crippen LogP contribution in [-0.2, 0) is 0 Å². The van der Waals surface area contributed by atoms with E-state index in [1.807, 2.05) is 0 Å². The summed E-state index contributed by atoms with van der Waals surface area (Å²) in [4.78, 5) is 15.5. The Labute approximate surface area is 116 Å². The zero-order chi connectivity index (χ0) is 14.1. The molecule has 0 aliphatic heterocycles. The highest BCUT2D eigenvalue weighted by Gasteiger charge is 2.19. The number of hydrogen-bond acceptors (Lipinski definition) is 2. The van der Waals surface area contributed by atoms with Gasteiger partial charge in [-0.05, 0) is 31.7 Å². The number of rotatable bonds is 3. The van der Waals surface area contributed by atoms with Crippen molar-refractivity contribution in [1.82, 2.24) is 4.98 Å². The average Bonchev–Trinajstić information content (AvgIpc) is 2.94. The Morgan fingerprint density at radius 2 is 2.05 bits per heavy atom. The maximum Gasteiger partial charge on any atom is 0.189 e. The molecule has 1 saturated carbocycles. The Morgan fingerprint density at radius 3 is 2.75 bits per heavy atom. The number of halogens is 1. The van der Waals surface area contributed by atoms with Crippen molar-refractivity contribution in [3.8, 4) is 5.75 Å². The lowest BCUT2D eigenvalue weighted by molar-refractivity contribution is 0.322. The zero-order valence-electron chi connectivity index (χ0n) is 11.5. The Kier molecular flexibility index (Phi) is 3.47. The monoisotopic (exact) mass is 275 g/mol. The van der Waals surface area contributed by atoms with Crippen LogP contribution in [0.2, 0.25) is 0 Å². The van der Waals surface area contributed by atoms with Crippen LogP contribution in [0.25, 0.3) is 10.9 Å². The molecule has 0 saturated heterocycles. The second-order valence-electron chi connectivity index (χ2n) is 5.33. The molecular formula is C16H18FNO2. The van der Waals surface area contributed by atoms with E-state index in [9.17, 15) is 9.18 Å². The van der Waals surface area contributed by atoms with Crippen molar-refractivity contribution < 1.29 is 9.13 Å². The predicted molar refractivity (Wildman–Crippen MR) is 76.9 cm³/mol. The number of hydrogen-bond donors (Lipinski definition) is 1. The molecule has 0 unspecified atom stereocenters. The lowest BCUT2D eigenvalue weighted by Gasteiger charge is -2.12. The van der Waals surface area contributed by atoms with Gasteiger partial charge in [0, 0.05) is 23.2 Å². The summed E-state index contributed by atoms with van der Waals surface area (Å²) in [6.45, 7) is 2.16. The SMILES string of the molecule is CCOc1cc2c(=O)cc(C3CCCC3)[nH]c2cc1F. The van der Waals surface area contributed by atoms with Crippen LogP contribution >= 0.6 is 0 Å². The molecule has 0 atom stereocenters. The summed E-state index contributed by atoms with van der Waals surface area (Å²) in [6, 6.07) is 4.51. The minimum absolute atomic E-state index is 0.0680. The van der Waals surface area contributed by atoms with Crippen LogP contribution in [0.5, 0.6) is 5.75 Å². The topological polar surface area (TPSA) is 42.1 Å². The average molecular weight is 275 g/mol. The number of ether oxygens (including phenoxy) is 1. The lowest BCUT2D eigenvalue weighted by Crippen LogP contribution is -2.08. The molecule has 0 spiro atoms. The normalized spacial score (nSPS) is 15.9. The third-order valence-corrected chi connectivity index (χ3v) is 4.00. The largest absolute Gasteiger partial charge is 0.491 e. The fraction of sp³-hybridized carbons (Fsp3) is 0.438. The first kappa shape index (κ1) is 13.2. The van der Waals surface area contributed by atoms with Gasteiger partial charge in [0.1, 0.15) is 0 Å². The van der Waals surface area contributed by atoms with Crippen molar-refractivity contribution in [2.45, 2.75) is 38.5 Å². The maximum absolute atomic E-state index is 13.9. The summed E-state index contributed by atoms with van der Waals surface area (Å²) in [6.07, 6.45) is 4.59. The number of benzene rings is 1. The van der Waals surface area contributed by atoms with Gasteiger partial charge >= 0.3 is 0 Å². The van der Waals surface area contributed by atoms with Gasteiger partial charge < -0.3 is 9.72 Å². The van der Waals surface area contributed by atoms with Gasteiger partial charge in [0.2, 0.25) is 0 Å². The second-order valence-corrected chi connectivity index (χ2v) is 5.33. The first-order valence-corrected chi connectivity index (χ1v) is 7.18. The highest BCUT2D eigenvalue weighted by atomic mass is 19.1. The molecule has 3 nitrogen and oxygen atoms in total. The fourth-order valence-corrected chi connectivity index (χ4v) is 2.99. The van der Waals surface area contributed by atoms with Crippen molar-refractivity contribution >= 4 is 10.9 Å². The summed E-state index contributed by atoms with van der Waals surface area (Å²) >= 11 is 0. The smallest absolute Gasteiger partial charge is 0.189 e. The van der Waals surface area contributed by atoms with E-state index >= 15 is 0 Å². The van der Waals surface area contributed by atoms with Gasteiger partial charge in [0.15, 0.2) is 17.0 Å². The van der Waals surface area contributed by atoms with E-state index in [2.05, 4.69) is 4.98 Å². The number of aromatic nitrogens is 1. The minimum atomic E-state index is -0.432. The second kappa shape index (κ2) is 5.27. The van der Waals surface area contributed by atoms with Crippen molar-refractivity contribution in [2.75, 3.05) is 6.61 Å². The van der Waals surface area contributed by atoms with E-state index < -0.39 is 5.82 Å². The summed E-state index contributed by atoms with van der Waals surface area (Å²) in [5.41, 5.74) is 1.42. The number of H-pyrrole nitrogens is 1. The Balaban J connectivity index is 2.12. The Hall–Kier alpha value is -1.84. The third-order valence-electron chi connectivity index (χ3n) is 4.00. The molecule has 1 N–H and O–H groups in total. The van der Waals surface area contributed by atoms with Crippen molar-refractivity contribution in [1.29, 1.82) is 0 Å². The Morgan fingerprint density at radius 1 is 1.30 bits per heavy atom. The van der Waals surface area contributed by atoms with E-state index in [0.717, 1.165) is 18.5 Å². The standard InChI is InChI=1S/C16H18FNO2/c1-2-20-16-7-11-14(8-12(16)17)18-13(9-15(11)19)10-5-3-4-6-10/h7-10H,2-6H2,1H3,(H,18,19). The molecule has 1 aliphatic rings. The van der Waals surface area contributed by atoms with Crippen LogP contribution in [0, 0.1) is 5.82 Å². The van der Waals surface area contributed by atoms with Crippen LogP contribution in [0.15, 0.2) is 23.0 Å². The highest BCUT2D eigenvalue weighted by Crippen LogP contribution is 2.33. The van der Waals surface area contributed by atoms with Crippen LogP contribution in [0.1, 0.15) is 44.2 Å². The number of aromatic amines is 1. The molecule has 3 rings (SSSR count). The minimum Gasteiger partial charge on any atom is -0.491 e. The molecule has 0 bridgehead atoms. The van der Waals surface area contributed by atoms with E-state index in [1.165, 1.54) is 25.0 Å². The quantitative estimate of drug-likeness (QED) is 0.927. The fourth-order valence-electron chi connectivity index (χ4n) is 2.99. The van der Waals surface area contributed by atoms with Gasteiger partial charge in [0.05, 0.1) is 12.1 Å². The molecule has 0 amide bonds. The third kappa shape index (κ3) is 2.30. The maximum atomic E-state index is 13.9. The lowest BCUT2D eigenvalue weighted by atomic mass is 10.0. The summed E-state index contributed by atoms with van der Waals surface area (Å²) in [5.74, 6) is 0.111. The number of pyridine rings is 1. The molecule has 2 aromatic rings. The molecule has 1 aliphatic carbocycles. The van der Waals surface area contributed by atoms with Crippen LogP contribution in [0.3, 0.4) is 0 Å². The van der Waals surface area contributed by atoms with E-state index in [0.29, 0.717) is 23.4 Å². The first-order valence-electron chi connectivity index (χ1n) is 7.18. The molecule has 20 heavy (non-hydrogen) atoms. The van der Waals surface area contributed by atoms with Gasteiger partial charge in [-0.1, -0.05) is 12.8 Å². The molecule has 1 heterocycles. The van der Waals surface area contributed by atoms with Gasteiger partial charge in [0.25, 0.3) is 0 Å². The highest BCUT2D eigenvalue weighted by molar-refractivity contribution is 5.80. The van der Waals surface area contributed by atoms with Gasteiger partial charge in [-0.15, -0.1) is 0 Å². The van der Waals surface area contributed by atoms with Gasteiger partial charge in [-0.3, -0.25) is 4.79 Å². The van der Waals surface area contributed by atoms with Crippen molar-refractivity contribution in [3.05, 3.63) is 39.9 Å². The molecule has 1 fully saturated rings. The molecule has 106 valence electrons. The predicted octanol–water partition coefficient (Wildman–Crippen LogP) is 3.72. The van der Waals surface area contributed by atoms with Gasteiger partial charge in [-0.25, -0.2) is 4.39 Å². The van der Waals surface area contributed by atoms with Crippen molar-refractivity contribution in [2.24, 2.45) is 0 Å². The number of fused-ring (bicyclic) bond motifs is 1. The summed E-state index contributed by atoms with van der Waals surface area (Å²) in [7, 11) is 0. The summed E-state index contributed by atoms with van der Waals surface area (Å²) in [5, 5.41) is 0.483. The Bertz CT molecular complexity index is 687. The van der Waals surface area contributed by atoms with Crippen LogP contribution in [-0.4, -0.2) is 11.6 Å². The van der Waals surface area contributed by atoms with E-state index in [-0.39, 0.29) is 11.2 Å². The van der Waals surface area contributed by atoms with Crippen LogP contribution < -0.4 is 10.2 Å². The van der Waals surface area contributed by atoms with Crippen molar-refractivity contribution in [3.63, 3.8) is 0 Å². The molecule has 1 aromatic heterocycles.